The summed E-state index contributed by atoms with van der Waals surface area (Å²) in [5, 5.41) is 5.50. The molecule has 0 radical (unpaired) electrons. The van der Waals surface area contributed by atoms with E-state index in [1.54, 1.807) is 18.2 Å². The molecule has 2 rings (SSSR count). The Hall–Kier alpha value is -2.40. The van der Waals surface area contributed by atoms with E-state index in [1.165, 1.54) is 12.1 Å². The van der Waals surface area contributed by atoms with Crippen molar-refractivity contribution in [3.63, 3.8) is 0 Å². The Labute approximate surface area is 123 Å². The Kier molecular flexibility index (Phi) is 5.29. The lowest BCUT2D eigenvalue weighted by Gasteiger charge is -2.08. The highest BCUT2D eigenvalue weighted by molar-refractivity contribution is 5.89. The fourth-order valence-electron chi connectivity index (χ4n) is 1.92. The van der Waals surface area contributed by atoms with Crippen molar-refractivity contribution in [3.05, 3.63) is 65.5 Å². The summed E-state index contributed by atoms with van der Waals surface area (Å²) in [5.74, 6) is -0.260. The van der Waals surface area contributed by atoms with Crippen LogP contribution in [0.25, 0.3) is 0 Å². The third-order valence-corrected chi connectivity index (χ3v) is 3.03. The van der Waals surface area contributed by atoms with Crippen LogP contribution in [0.4, 0.5) is 14.9 Å². The lowest BCUT2D eigenvalue weighted by atomic mass is 10.1. The van der Waals surface area contributed by atoms with Gasteiger partial charge in [-0.2, -0.15) is 0 Å². The standard InChI is InChI=1S/C16H18FN3O/c17-14-6-4-12(5-7-14)8-9-19-16(21)20-15-3-1-2-13(10-15)11-18/h1-7,10H,8-9,11,18H2,(H2,19,20,21). The number of benzene rings is 2. The molecule has 0 unspecified atom stereocenters. The minimum absolute atomic E-state index is 0.260. The van der Waals surface area contributed by atoms with Gasteiger partial charge in [0, 0.05) is 18.8 Å². The van der Waals surface area contributed by atoms with Gasteiger partial charge < -0.3 is 16.4 Å². The van der Waals surface area contributed by atoms with Crippen molar-refractivity contribution in [2.24, 2.45) is 5.73 Å². The van der Waals surface area contributed by atoms with Gasteiger partial charge in [0.25, 0.3) is 0 Å². The van der Waals surface area contributed by atoms with Gasteiger partial charge in [-0.1, -0.05) is 24.3 Å². The predicted octanol–water partition coefficient (Wildman–Crippen LogP) is 2.65. The van der Waals surface area contributed by atoms with Crippen molar-refractivity contribution < 1.29 is 9.18 Å². The van der Waals surface area contributed by atoms with E-state index in [9.17, 15) is 9.18 Å². The second-order valence-corrected chi connectivity index (χ2v) is 4.66. The predicted molar refractivity (Wildman–Crippen MR) is 81.5 cm³/mol. The number of urea groups is 1. The Balaban J connectivity index is 1.78. The molecule has 0 fully saturated rings. The summed E-state index contributed by atoms with van der Waals surface area (Å²) in [6, 6.07) is 13.3. The fourth-order valence-corrected chi connectivity index (χ4v) is 1.92. The monoisotopic (exact) mass is 287 g/mol. The Morgan fingerprint density at radius 3 is 2.57 bits per heavy atom. The van der Waals surface area contributed by atoms with E-state index in [1.807, 2.05) is 18.2 Å². The number of hydrogen-bond donors (Lipinski definition) is 3. The molecule has 0 aliphatic heterocycles. The summed E-state index contributed by atoms with van der Waals surface area (Å²) in [6.07, 6.45) is 0.649. The first-order valence-corrected chi connectivity index (χ1v) is 6.75. The molecule has 2 aromatic carbocycles. The molecule has 0 saturated heterocycles. The van der Waals surface area contributed by atoms with Crippen molar-refractivity contribution in [1.82, 2.24) is 5.32 Å². The third kappa shape index (κ3) is 4.89. The van der Waals surface area contributed by atoms with Gasteiger partial charge in [0.15, 0.2) is 0 Å². The normalized spacial score (nSPS) is 10.2. The van der Waals surface area contributed by atoms with Crippen LogP contribution in [0.5, 0.6) is 0 Å². The molecule has 2 aromatic rings. The summed E-state index contributed by atoms with van der Waals surface area (Å²) in [7, 11) is 0. The zero-order valence-electron chi connectivity index (χ0n) is 11.6. The van der Waals surface area contributed by atoms with Gasteiger partial charge in [-0.25, -0.2) is 9.18 Å². The summed E-state index contributed by atoms with van der Waals surface area (Å²) in [5.41, 5.74) is 8.19. The number of rotatable bonds is 5. The van der Waals surface area contributed by atoms with Gasteiger partial charge in [-0.05, 0) is 41.8 Å². The molecule has 110 valence electrons. The van der Waals surface area contributed by atoms with Gasteiger partial charge in [-0.3, -0.25) is 0 Å². The van der Waals surface area contributed by atoms with Crippen LogP contribution in [0.15, 0.2) is 48.5 Å². The molecule has 0 aliphatic rings. The van der Waals surface area contributed by atoms with E-state index < -0.39 is 0 Å². The fraction of sp³-hybridized carbons (Fsp3) is 0.188. The van der Waals surface area contributed by atoms with Crippen LogP contribution in [0, 0.1) is 5.82 Å². The second-order valence-electron chi connectivity index (χ2n) is 4.66. The highest BCUT2D eigenvalue weighted by Crippen LogP contribution is 2.09. The lowest BCUT2D eigenvalue weighted by molar-refractivity contribution is 0.252. The van der Waals surface area contributed by atoms with E-state index in [0.29, 0.717) is 25.2 Å². The topological polar surface area (TPSA) is 67.1 Å². The van der Waals surface area contributed by atoms with E-state index in [2.05, 4.69) is 10.6 Å². The van der Waals surface area contributed by atoms with Crippen molar-refractivity contribution in [2.75, 3.05) is 11.9 Å². The highest BCUT2D eigenvalue weighted by Gasteiger charge is 2.02. The molecule has 5 heteroatoms. The molecule has 0 bridgehead atoms. The second kappa shape index (κ2) is 7.40. The first-order valence-electron chi connectivity index (χ1n) is 6.75. The van der Waals surface area contributed by atoms with E-state index >= 15 is 0 Å². The Morgan fingerprint density at radius 1 is 1.10 bits per heavy atom. The van der Waals surface area contributed by atoms with Gasteiger partial charge >= 0.3 is 6.03 Å². The van der Waals surface area contributed by atoms with Gasteiger partial charge in [0.2, 0.25) is 0 Å². The molecule has 0 spiro atoms. The number of carbonyl (C=O) groups excluding carboxylic acids is 1. The molecular weight excluding hydrogens is 269 g/mol. The Morgan fingerprint density at radius 2 is 1.86 bits per heavy atom. The average molecular weight is 287 g/mol. The quantitative estimate of drug-likeness (QED) is 0.791. The molecule has 4 nitrogen and oxygen atoms in total. The molecule has 0 atom stereocenters. The summed E-state index contributed by atoms with van der Waals surface area (Å²) in [6.45, 7) is 0.912. The van der Waals surface area contributed by atoms with Crippen molar-refractivity contribution in [1.29, 1.82) is 0 Å². The smallest absolute Gasteiger partial charge is 0.319 e. The number of nitrogens with two attached hydrogens (primary N) is 1. The van der Waals surface area contributed by atoms with Crippen LogP contribution in [0.2, 0.25) is 0 Å². The maximum atomic E-state index is 12.8. The van der Waals surface area contributed by atoms with Gasteiger partial charge in [0.05, 0.1) is 0 Å². The number of carbonyl (C=O) groups is 1. The van der Waals surface area contributed by atoms with Crippen LogP contribution >= 0.6 is 0 Å². The molecule has 0 heterocycles. The van der Waals surface area contributed by atoms with E-state index in [-0.39, 0.29) is 11.8 Å². The summed E-state index contributed by atoms with van der Waals surface area (Å²) < 4.78 is 12.8. The van der Waals surface area contributed by atoms with Gasteiger partial charge in [0.1, 0.15) is 5.82 Å². The van der Waals surface area contributed by atoms with Crippen LogP contribution < -0.4 is 16.4 Å². The number of hydrogen-bond acceptors (Lipinski definition) is 2. The first kappa shape index (κ1) is 15.0. The summed E-state index contributed by atoms with van der Waals surface area (Å²) in [4.78, 5) is 11.7. The van der Waals surface area contributed by atoms with E-state index in [0.717, 1.165) is 11.1 Å². The molecular formula is C16H18FN3O. The molecule has 2 amide bonds. The third-order valence-electron chi connectivity index (χ3n) is 3.03. The van der Waals surface area contributed by atoms with Crippen molar-refractivity contribution >= 4 is 11.7 Å². The largest absolute Gasteiger partial charge is 0.338 e. The SMILES string of the molecule is NCc1cccc(NC(=O)NCCc2ccc(F)cc2)c1. The zero-order chi connectivity index (χ0) is 15.1. The minimum Gasteiger partial charge on any atom is -0.338 e. The highest BCUT2D eigenvalue weighted by atomic mass is 19.1. The van der Waals surface area contributed by atoms with Crippen molar-refractivity contribution in [2.45, 2.75) is 13.0 Å². The zero-order valence-corrected chi connectivity index (χ0v) is 11.6. The van der Waals surface area contributed by atoms with E-state index in [4.69, 9.17) is 5.73 Å². The molecule has 21 heavy (non-hydrogen) atoms. The lowest BCUT2D eigenvalue weighted by Crippen LogP contribution is -2.30. The average Bonchev–Trinajstić information content (AvgIpc) is 2.49. The number of halogens is 1. The maximum absolute atomic E-state index is 12.8. The van der Waals surface area contributed by atoms with Crippen LogP contribution in [0.3, 0.4) is 0 Å². The molecule has 0 aliphatic carbocycles. The summed E-state index contributed by atoms with van der Waals surface area (Å²) >= 11 is 0. The first-order chi connectivity index (χ1) is 10.2. The molecule has 0 aromatic heterocycles. The maximum Gasteiger partial charge on any atom is 0.319 e. The Bertz CT molecular complexity index is 599. The number of amides is 2. The van der Waals surface area contributed by atoms with Crippen LogP contribution in [-0.2, 0) is 13.0 Å². The van der Waals surface area contributed by atoms with Gasteiger partial charge in [-0.15, -0.1) is 0 Å². The van der Waals surface area contributed by atoms with Crippen LogP contribution in [-0.4, -0.2) is 12.6 Å². The van der Waals surface area contributed by atoms with Crippen LogP contribution in [0.1, 0.15) is 11.1 Å². The number of nitrogens with one attached hydrogen (secondary N) is 2. The van der Waals surface area contributed by atoms with Crippen molar-refractivity contribution in [3.8, 4) is 0 Å². The molecule has 4 N–H and O–H groups in total. The number of anilines is 1. The molecule has 0 saturated carbocycles. The minimum atomic E-state index is -0.272.